The van der Waals surface area contributed by atoms with Gasteiger partial charge in [-0.05, 0) is 44.0 Å². The lowest BCUT2D eigenvalue weighted by Gasteiger charge is -2.11. The van der Waals surface area contributed by atoms with E-state index in [4.69, 9.17) is 0 Å². The van der Waals surface area contributed by atoms with Crippen LogP contribution in [0.4, 0.5) is 43.9 Å². The van der Waals surface area contributed by atoms with Gasteiger partial charge >= 0.3 is 12.4 Å². The van der Waals surface area contributed by atoms with Crippen LogP contribution < -0.4 is 5.32 Å². The molecule has 3 aromatic rings. The highest BCUT2D eigenvalue weighted by atomic mass is 19.4. The number of anilines is 2. The SMILES string of the molecule is CC(=Nc1nc(Nc2ccnc(C3(C#N)CC3)c2)nc(-c2cccc(C(F)(F)F)n2)n1)C(F)(F)F. The Morgan fingerprint density at radius 2 is 1.80 bits per heavy atom. The molecule has 1 aliphatic rings. The highest BCUT2D eigenvalue weighted by Gasteiger charge is 2.46. The lowest BCUT2D eigenvalue weighted by molar-refractivity contribution is -0.141. The number of aliphatic imine (C=N–C) groups is 1. The van der Waals surface area contributed by atoms with Crippen molar-refractivity contribution in [3.8, 4) is 17.6 Å². The van der Waals surface area contributed by atoms with Crippen molar-refractivity contribution < 1.29 is 26.3 Å². The van der Waals surface area contributed by atoms with Crippen LogP contribution in [-0.2, 0) is 11.6 Å². The number of hydrogen-bond acceptors (Lipinski definition) is 8. The summed E-state index contributed by atoms with van der Waals surface area (Å²) in [4.78, 5) is 22.7. The Labute approximate surface area is 193 Å². The van der Waals surface area contributed by atoms with E-state index in [1.165, 1.54) is 18.3 Å². The van der Waals surface area contributed by atoms with Crippen molar-refractivity contribution in [1.29, 1.82) is 5.26 Å². The molecule has 3 heterocycles. The van der Waals surface area contributed by atoms with Gasteiger partial charge < -0.3 is 5.32 Å². The predicted octanol–water partition coefficient (Wildman–Crippen LogP) is 5.30. The zero-order chi connectivity index (χ0) is 25.4. The molecule has 4 rings (SSSR count). The van der Waals surface area contributed by atoms with Crippen molar-refractivity contribution in [2.75, 3.05) is 5.32 Å². The lowest BCUT2D eigenvalue weighted by Crippen LogP contribution is -2.19. The normalized spacial score (nSPS) is 15.4. The van der Waals surface area contributed by atoms with Crippen molar-refractivity contribution in [2.45, 2.75) is 37.5 Å². The number of alkyl halides is 6. The molecule has 14 heteroatoms. The van der Waals surface area contributed by atoms with Gasteiger partial charge in [0.15, 0.2) is 5.82 Å². The van der Waals surface area contributed by atoms with Crippen LogP contribution in [0.1, 0.15) is 31.2 Å². The molecule has 1 aliphatic carbocycles. The summed E-state index contributed by atoms with van der Waals surface area (Å²) in [6.07, 6.45) is -6.84. The van der Waals surface area contributed by atoms with Crippen LogP contribution in [0.2, 0.25) is 0 Å². The third-order valence-electron chi connectivity index (χ3n) is 5.04. The van der Waals surface area contributed by atoms with E-state index in [1.807, 2.05) is 0 Å². The molecule has 0 aliphatic heterocycles. The molecule has 180 valence electrons. The molecular formula is C21H14F6N8. The molecule has 0 amide bonds. The first-order chi connectivity index (χ1) is 16.4. The van der Waals surface area contributed by atoms with Crippen LogP contribution in [-0.4, -0.2) is 36.8 Å². The number of nitriles is 1. The van der Waals surface area contributed by atoms with Gasteiger partial charge in [0.05, 0.1) is 17.2 Å². The molecule has 0 radical (unpaired) electrons. The zero-order valence-electron chi connectivity index (χ0n) is 17.8. The Bertz CT molecular complexity index is 1340. The van der Waals surface area contributed by atoms with E-state index < -0.39 is 40.9 Å². The minimum atomic E-state index is -4.77. The Morgan fingerprint density at radius 3 is 2.43 bits per heavy atom. The summed E-state index contributed by atoms with van der Waals surface area (Å²) in [5.74, 6) is -1.40. The second kappa shape index (κ2) is 8.57. The van der Waals surface area contributed by atoms with E-state index >= 15 is 0 Å². The number of halogens is 6. The van der Waals surface area contributed by atoms with Gasteiger partial charge in [-0.3, -0.25) is 4.98 Å². The summed E-state index contributed by atoms with van der Waals surface area (Å²) in [6.45, 7) is 0.700. The largest absolute Gasteiger partial charge is 0.433 e. The Hall–Kier alpha value is -4.15. The molecule has 0 aromatic carbocycles. The molecule has 0 atom stereocenters. The van der Waals surface area contributed by atoms with E-state index in [9.17, 15) is 31.6 Å². The average Bonchev–Trinajstić information content (AvgIpc) is 3.59. The quantitative estimate of drug-likeness (QED) is 0.380. The fourth-order valence-corrected chi connectivity index (χ4v) is 2.97. The fourth-order valence-electron chi connectivity index (χ4n) is 2.97. The first-order valence-corrected chi connectivity index (χ1v) is 9.98. The van der Waals surface area contributed by atoms with Gasteiger partial charge in [-0.2, -0.15) is 46.6 Å². The van der Waals surface area contributed by atoms with Crippen molar-refractivity contribution in [3.05, 3.63) is 47.9 Å². The van der Waals surface area contributed by atoms with Gasteiger partial charge in [-0.25, -0.2) is 9.98 Å². The van der Waals surface area contributed by atoms with Crippen LogP contribution in [0, 0.1) is 11.3 Å². The average molecular weight is 492 g/mol. The molecule has 35 heavy (non-hydrogen) atoms. The van der Waals surface area contributed by atoms with E-state index in [-0.39, 0.29) is 11.6 Å². The minimum absolute atomic E-state index is 0.290. The molecule has 1 N–H and O–H groups in total. The van der Waals surface area contributed by atoms with Crippen LogP contribution in [0.25, 0.3) is 11.5 Å². The van der Waals surface area contributed by atoms with E-state index in [0.717, 1.165) is 12.1 Å². The number of aromatic nitrogens is 5. The molecule has 1 fully saturated rings. The van der Waals surface area contributed by atoms with Crippen LogP contribution in [0.15, 0.2) is 41.5 Å². The lowest BCUT2D eigenvalue weighted by atomic mass is 10.0. The summed E-state index contributed by atoms with van der Waals surface area (Å²) in [5, 5.41) is 12.1. The molecule has 0 bridgehead atoms. The second-order valence-corrected chi connectivity index (χ2v) is 7.63. The molecule has 0 unspecified atom stereocenters. The van der Waals surface area contributed by atoms with Crippen molar-refractivity contribution in [3.63, 3.8) is 0 Å². The van der Waals surface area contributed by atoms with Gasteiger partial charge in [-0.15, -0.1) is 0 Å². The first-order valence-electron chi connectivity index (χ1n) is 9.98. The highest BCUT2D eigenvalue weighted by Crippen LogP contribution is 2.47. The van der Waals surface area contributed by atoms with Crippen LogP contribution in [0.3, 0.4) is 0 Å². The fraction of sp³-hybridized carbons (Fsp3) is 0.286. The van der Waals surface area contributed by atoms with E-state index in [2.05, 4.69) is 41.3 Å². The smallest absolute Gasteiger partial charge is 0.324 e. The standard InChI is InChI=1S/C21H14F6N8/c1-11(20(22,23)24)30-17-33-16(13-3-2-4-14(32-13)21(25,26)27)34-18(35-17)31-12-5-8-29-15(9-12)19(10-28)6-7-19/h2-5,8-9H,6-7H2,1H3,(H,29,31,33,34,35). The summed E-state index contributed by atoms with van der Waals surface area (Å²) in [7, 11) is 0. The van der Waals surface area contributed by atoms with Gasteiger partial charge in [-0.1, -0.05) is 6.07 Å². The number of pyridine rings is 2. The molecule has 0 spiro atoms. The first kappa shape index (κ1) is 24.0. The number of hydrogen-bond donors (Lipinski definition) is 1. The molecule has 1 saturated carbocycles. The van der Waals surface area contributed by atoms with Gasteiger partial charge in [0.1, 0.15) is 17.1 Å². The van der Waals surface area contributed by atoms with Crippen molar-refractivity contribution in [2.24, 2.45) is 4.99 Å². The summed E-state index contributed by atoms with van der Waals surface area (Å²) in [5.41, 5.74) is -2.70. The predicted molar refractivity (Wildman–Crippen MR) is 111 cm³/mol. The van der Waals surface area contributed by atoms with Crippen molar-refractivity contribution in [1.82, 2.24) is 24.9 Å². The van der Waals surface area contributed by atoms with E-state index in [1.54, 1.807) is 6.07 Å². The van der Waals surface area contributed by atoms with Gasteiger partial charge in [0.25, 0.3) is 5.95 Å². The Kier molecular flexibility index (Phi) is 5.87. The van der Waals surface area contributed by atoms with Crippen LogP contribution in [0.5, 0.6) is 0 Å². The monoisotopic (exact) mass is 492 g/mol. The Balaban J connectivity index is 1.77. The number of nitrogens with one attached hydrogen (secondary N) is 1. The van der Waals surface area contributed by atoms with E-state index in [0.29, 0.717) is 31.1 Å². The van der Waals surface area contributed by atoms with Crippen molar-refractivity contribution >= 4 is 23.3 Å². The molecule has 8 nitrogen and oxygen atoms in total. The summed E-state index contributed by atoms with van der Waals surface area (Å²) >= 11 is 0. The topological polar surface area (TPSA) is 113 Å². The maximum Gasteiger partial charge on any atom is 0.433 e. The number of nitrogens with zero attached hydrogens (tertiary/aromatic N) is 7. The van der Waals surface area contributed by atoms with Gasteiger partial charge in [0, 0.05) is 11.9 Å². The molecule has 3 aromatic heterocycles. The third kappa shape index (κ3) is 5.34. The maximum atomic E-state index is 13.1. The van der Waals surface area contributed by atoms with Gasteiger partial charge in [0.2, 0.25) is 5.95 Å². The second-order valence-electron chi connectivity index (χ2n) is 7.63. The maximum absolute atomic E-state index is 13.1. The summed E-state index contributed by atoms with van der Waals surface area (Å²) in [6, 6.07) is 8.24. The molecule has 0 saturated heterocycles. The zero-order valence-corrected chi connectivity index (χ0v) is 17.8. The molecular weight excluding hydrogens is 478 g/mol. The number of rotatable bonds is 5. The summed E-state index contributed by atoms with van der Waals surface area (Å²) < 4.78 is 78.3. The third-order valence-corrected chi connectivity index (χ3v) is 5.04. The highest BCUT2D eigenvalue weighted by molar-refractivity contribution is 5.89. The van der Waals surface area contributed by atoms with Crippen LogP contribution >= 0.6 is 0 Å². The minimum Gasteiger partial charge on any atom is -0.324 e. The Morgan fingerprint density at radius 1 is 1.06 bits per heavy atom.